The molecule has 1 aromatic carbocycles. The summed E-state index contributed by atoms with van der Waals surface area (Å²) in [6.45, 7) is 5.06. The van der Waals surface area contributed by atoms with Gasteiger partial charge in [0, 0.05) is 11.9 Å². The zero-order chi connectivity index (χ0) is 19.1. The van der Waals surface area contributed by atoms with Gasteiger partial charge in [0.1, 0.15) is 30.1 Å². The fourth-order valence-corrected chi connectivity index (χ4v) is 3.48. The number of rotatable bonds is 3. The molecule has 1 amide bonds. The predicted molar refractivity (Wildman–Crippen MR) is 94.3 cm³/mol. The standard InChI is InChI=1S/C17H21Cl2NO6/c1-8(21)20-13-14(22)15-12(7-23-17(2,3)26-15)25-16(13)24-11-5-4-9(18)6-10(11)19/h4-6,12-16,22H,7H2,1-3H3,(H,20,21)/t12-,13+,14-,15+,16+/m1/s1. The van der Waals surface area contributed by atoms with E-state index in [1.54, 1.807) is 26.0 Å². The molecule has 0 saturated carbocycles. The molecule has 0 aromatic heterocycles. The van der Waals surface area contributed by atoms with Crippen LogP contribution in [0.25, 0.3) is 0 Å². The summed E-state index contributed by atoms with van der Waals surface area (Å²) in [6.07, 6.45) is -3.27. The number of ether oxygens (including phenoxy) is 4. The topological polar surface area (TPSA) is 86.3 Å². The second-order valence-corrected chi connectivity index (χ2v) is 7.59. The zero-order valence-electron chi connectivity index (χ0n) is 14.6. The highest BCUT2D eigenvalue weighted by molar-refractivity contribution is 6.35. The number of fused-ring (bicyclic) bond motifs is 1. The average molecular weight is 406 g/mol. The third-order valence-electron chi connectivity index (χ3n) is 4.20. The molecule has 0 radical (unpaired) electrons. The Bertz CT molecular complexity index is 685. The molecule has 7 nitrogen and oxygen atoms in total. The summed E-state index contributed by atoms with van der Waals surface area (Å²) in [5, 5.41) is 14.2. The van der Waals surface area contributed by atoms with Crippen molar-refractivity contribution in [1.29, 1.82) is 0 Å². The van der Waals surface area contributed by atoms with Crippen molar-refractivity contribution in [3.05, 3.63) is 28.2 Å². The van der Waals surface area contributed by atoms with E-state index in [1.165, 1.54) is 13.0 Å². The number of benzene rings is 1. The maximum atomic E-state index is 11.6. The second kappa shape index (κ2) is 7.50. The molecule has 0 bridgehead atoms. The molecule has 5 atom stereocenters. The zero-order valence-corrected chi connectivity index (χ0v) is 16.1. The molecule has 0 unspecified atom stereocenters. The average Bonchev–Trinajstić information content (AvgIpc) is 2.53. The van der Waals surface area contributed by atoms with E-state index in [1.807, 2.05) is 0 Å². The van der Waals surface area contributed by atoms with Crippen LogP contribution < -0.4 is 10.1 Å². The lowest BCUT2D eigenvalue weighted by Gasteiger charge is -2.49. The quantitative estimate of drug-likeness (QED) is 0.800. The first-order valence-corrected chi connectivity index (χ1v) is 8.96. The molecule has 144 valence electrons. The van der Waals surface area contributed by atoms with Gasteiger partial charge in [0.15, 0.2) is 5.79 Å². The van der Waals surface area contributed by atoms with Crippen LogP contribution in [0.3, 0.4) is 0 Å². The van der Waals surface area contributed by atoms with E-state index in [0.717, 1.165) is 0 Å². The summed E-state index contributed by atoms with van der Waals surface area (Å²) in [5.41, 5.74) is 0. The minimum atomic E-state index is -1.06. The Balaban J connectivity index is 1.84. The van der Waals surface area contributed by atoms with Gasteiger partial charge < -0.3 is 29.4 Å². The van der Waals surface area contributed by atoms with Gasteiger partial charge >= 0.3 is 0 Å². The molecule has 2 aliphatic rings. The van der Waals surface area contributed by atoms with Gasteiger partial charge in [-0.25, -0.2) is 0 Å². The highest BCUT2D eigenvalue weighted by Crippen LogP contribution is 2.35. The monoisotopic (exact) mass is 405 g/mol. The first-order chi connectivity index (χ1) is 12.2. The van der Waals surface area contributed by atoms with Gasteiger partial charge in [-0.2, -0.15) is 0 Å². The van der Waals surface area contributed by atoms with Crippen molar-refractivity contribution >= 4 is 29.1 Å². The van der Waals surface area contributed by atoms with Gasteiger partial charge in [-0.05, 0) is 32.0 Å². The maximum Gasteiger partial charge on any atom is 0.223 e. The van der Waals surface area contributed by atoms with Gasteiger partial charge in [-0.1, -0.05) is 23.2 Å². The largest absolute Gasteiger partial charge is 0.461 e. The minimum Gasteiger partial charge on any atom is -0.461 e. The number of nitrogens with one attached hydrogen (secondary N) is 1. The summed E-state index contributed by atoms with van der Waals surface area (Å²) < 4.78 is 23.1. The van der Waals surface area contributed by atoms with Crippen molar-refractivity contribution in [2.45, 2.75) is 57.2 Å². The fraction of sp³-hybridized carbons (Fsp3) is 0.588. The van der Waals surface area contributed by atoms with E-state index in [9.17, 15) is 9.90 Å². The third kappa shape index (κ3) is 4.24. The number of aliphatic hydroxyl groups excluding tert-OH is 1. The van der Waals surface area contributed by atoms with E-state index in [2.05, 4.69) is 5.32 Å². The van der Waals surface area contributed by atoms with E-state index < -0.39 is 36.4 Å². The molecule has 0 aliphatic carbocycles. The fourth-order valence-electron chi connectivity index (χ4n) is 3.03. The van der Waals surface area contributed by atoms with Gasteiger partial charge in [-0.3, -0.25) is 4.79 Å². The molecule has 0 spiro atoms. The third-order valence-corrected chi connectivity index (χ3v) is 4.73. The Morgan fingerprint density at radius 3 is 2.77 bits per heavy atom. The lowest BCUT2D eigenvalue weighted by molar-refractivity contribution is -0.361. The Kier molecular flexibility index (Phi) is 5.67. The number of carbonyl (C=O) groups is 1. The highest BCUT2D eigenvalue weighted by atomic mass is 35.5. The van der Waals surface area contributed by atoms with Crippen molar-refractivity contribution in [3.8, 4) is 5.75 Å². The first kappa shape index (κ1) is 19.7. The Morgan fingerprint density at radius 2 is 2.12 bits per heavy atom. The van der Waals surface area contributed by atoms with Crippen molar-refractivity contribution in [2.75, 3.05) is 6.61 Å². The maximum absolute atomic E-state index is 11.6. The molecule has 2 aliphatic heterocycles. The summed E-state index contributed by atoms with van der Waals surface area (Å²) in [5.74, 6) is -0.877. The number of amides is 1. The van der Waals surface area contributed by atoms with Gasteiger partial charge in [0.05, 0.1) is 11.6 Å². The minimum absolute atomic E-state index is 0.218. The molecule has 2 heterocycles. The highest BCUT2D eigenvalue weighted by Gasteiger charge is 2.52. The van der Waals surface area contributed by atoms with Crippen LogP contribution in [0.2, 0.25) is 10.0 Å². The van der Waals surface area contributed by atoms with Gasteiger partial charge in [0.25, 0.3) is 0 Å². The van der Waals surface area contributed by atoms with E-state index in [0.29, 0.717) is 10.8 Å². The normalized spacial score (nSPS) is 33.2. The van der Waals surface area contributed by atoms with Crippen LogP contribution >= 0.6 is 23.2 Å². The lowest BCUT2D eigenvalue weighted by atomic mass is 9.95. The Morgan fingerprint density at radius 1 is 1.38 bits per heavy atom. The number of hydrogen-bond acceptors (Lipinski definition) is 6. The summed E-state index contributed by atoms with van der Waals surface area (Å²) >= 11 is 12.0. The van der Waals surface area contributed by atoms with Crippen LogP contribution in [-0.4, -0.2) is 54.1 Å². The molecular weight excluding hydrogens is 385 g/mol. The van der Waals surface area contributed by atoms with Crippen LogP contribution in [-0.2, 0) is 19.0 Å². The van der Waals surface area contributed by atoms with E-state index in [-0.39, 0.29) is 17.5 Å². The first-order valence-electron chi connectivity index (χ1n) is 8.20. The molecule has 9 heteroatoms. The number of aliphatic hydroxyl groups is 1. The van der Waals surface area contributed by atoms with Crippen LogP contribution in [0.4, 0.5) is 0 Å². The van der Waals surface area contributed by atoms with Crippen LogP contribution in [0.1, 0.15) is 20.8 Å². The van der Waals surface area contributed by atoms with E-state index >= 15 is 0 Å². The SMILES string of the molecule is CC(=O)N[C@@H]1[C@@H](Oc2ccc(Cl)cc2Cl)O[C@@H]2COC(C)(C)O[C@@H]2[C@@H]1O. The van der Waals surface area contributed by atoms with Crippen LogP contribution in [0, 0.1) is 0 Å². The van der Waals surface area contributed by atoms with Gasteiger partial charge in [-0.15, -0.1) is 0 Å². The summed E-state index contributed by atoms with van der Waals surface area (Å²) in [6, 6.07) is 3.89. The smallest absolute Gasteiger partial charge is 0.223 e. The number of carbonyl (C=O) groups excluding carboxylic acids is 1. The molecule has 2 saturated heterocycles. The molecule has 2 fully saturated rings. The van der Waals surface area contributed by atoms with Crippen molar-refractivity contribution in [2.24, 2.45) is 0 Å². The van der Waals surface area contributed by atoms with Gasteiger partial charge in [0.2, 0.25) is 12.2 Å². The van der Waals surface area contributed by atoms with E-state index in [4.69, 9.17) is 42.1 Å². The summed E-state index contributed by atoms with van der Waals surface area (Å²) in [7, 11) is 0. The van der Waals surface area contributed by atoms with Crippen molar-refractivity contribution in [1.82, 2.24) is 5.32 Å². The van der Waals surface area contributed by atoms with Crippen molar-refractivity contribution in [3.63, 3.8) is 0 Å². The molecule has 26 heavy (non-hydrogen) atoms. The lowest BCUT2D eigenvalue weighted by Crippen LogP contribution is -2.69. The Hall–Kier alpha value is -1.09. The molecular formula is C17H21Cl2NO6. The second-order valence-electron chi connectivity index (χ2n) is 6.75. The Labute approximate surface area is 161 Å². The van der Waals surface area contributed by atoms with Crippen LogP contribution in [0.5, 0.6) is 5.75 Å². The molecule has 1 aromatic rings. The number of halogens is 2. The van der Waals surface area contributed by atoms with Crippen molar-refractivity contribution < 1.29 is 28.8 Å². The molecule has 3 rings (SSSR count). The van der Waals surface area contributed by atoms with Crippen LogP contribution in [0.15, 0.2) is 18.2 Å². The molecule has 2 N–H and O–H groups in total. The number of hydrogen-bond donors (Lipinski definition) is 2. The predicted octanol–water partition coefficient (Wildman–Crippen LogP) is 2.11. The summed E-state index contributed by atoms with van der Waals surface area (Å²) in [4.78, 5) is 11.6.